The highest BCUT2D eigenvalue weighted by atomic mass is 32.2. The Kier molecular flexibility index (Phi) is 4.04. The average Bonchev–Trinajstić information content (AvgIpc) is 2.38. The maximum atomic E-state index is 11.3. The van der Waals surface area contributed by atoms with Crippen molar-refractivity contribution in [2.24, 2.45) is 0 Å². The molecule has 0 unspecified atom stereocenters. The standard InChI is InChI=1S/C13H12O6S2/c1-20(14,15)12-6-2-10(3-7-12)19-11-4-8-13(9-5-11)21(16,17)18/h2-9H,1H3,(H,16,17,18). The molecule has 0 saturated carbocycles. The predicted molar refractivity (Wildman–Crippen MR) is 75.9 cm³/mol. The molecule has 112 valence electrons. The lowest BCUT2D eigenvalue weighted by molar-refractivity contribution is 0.477. The molecule has 0 amide bonds. The fourth-order valence-corrected chi connectivity index (χ4v) is 2.68. The van der Waals surface area contributed by atoms with Crippen LogP contribution >= 0.6 is 0 Å². The maximum Gasteiger partial charge on any atom is 0.294 e. The van der Waals surface area contributed by atoms with Gasteiger partial charge < -0.3 is 4.74 Å². The lowest BCUT2D eigenvalue weighted by Gasteiger charge is -2.06. The molecule has 0 radical (unpaired) electrons. The molecular weight excluding hydrogens is 316 g/mol. The zero-order valence-electron chi connectivity index (χ0n) is 10.9. The number of hydrogen-bond acceptors (Lipinski definition) is 5. The normalized spacial score (nSPS) is 12.1. The molecule has 0 atom stereocenters. The van der Waals surface area contributed by atoms with Gasteiger partial charge in [-0.2, -0.15) is 8.42 Å². The molecule has 0 aliphatic rings. The van der Waals surface area contributed by atoms with Crippen molar-refractivity contribution in [3.05, 3.63) is 48.5 Å². The van der Waals surface area contributed by atoms with E-state index in [0.717, 1.165) is 6.26 Å². The molecule has 21 heavy (non-hydrogen) atoms. The van der Waals surface area contributed by atoms with Crippen LogP contribution in [0.3, 0.4) is 0 Å². The van der Waals surface area contributed by atoms with Gasteiger partial charge in [0.2, 0.25) is 0 Å². The summed E-state index contributed by atoms with van der Waals surface area (Å²) in [4.78, 5) is -0.0566. The van der Waals surface area contributed by atoms with E-state index >= 15 is 0 Å². The van der Waals surface area contributed by atoms with Crippen LogP contribution in [0.1, 0.15) is 0 Å². The molecule has 0 bridgehead atoms. The van der Waals surface area contributed by atoms with Gasteiger partial charge in [0.15, 0.2) is 9.84 Å². The van der Waals surface area contributed by atoms with Gasteiger partial charge in [0.05, 0.1) is 9.79 Å². The first-order valence-corrected chi connectivity index (χ1v) is 9.05. The maximum absolute atomic E-state index is 11.3. The van der Waals surface area contributed by atoms with E-state index in [-0.39, 0.29) is 9.79 Å². The Bertz CT molecular complexity index is 761. The van der Waals surface area contributed by atoms with Crippen LogP contribution in [0.5, 0.6) is 11.5 Å². The van der Waals surface area contributed by atoms with Gasteiger partial charge in [-0.25, -0.2) is 8.42 Å². The number of ether oxygens (including phenoxy) is 1. The highest BCUT2D eigenvalue weighted by molar-refractivity contribution is 7.90. The van der Waals surface area contributed by atoms with E-state index in [0.29, 0.717) is 11.5 Å². The summed E-state index contributed by atoms with van der Waals surface area (Å²) < 4.78 is 58.7. The number of benzene rings is 2. The van der Waals surface area contributed by atoms with Crippen LogP contribution in [0.25, 0.3) is 0 Å². The smallest absolute Gasteiger partial charge is 0.294 e. The molecule has 6 nitrogen and oxygen atoms in total. The lowest BCUT2D eigenvalue weighted by atomic mass is 10.3. The van der Waals surface area contributed by atoms with Crippen LogP contribution in [0.4, 0.5) is 0 Å². The van der Waals surface area contributed by atoms with Gasteiger partial charge in [0.25, 0.3) is 10.1 Å². The summed E-state index contributed by atoms with van der Waals surface area (Å²) in [5.41, 5.74) is 0. The minimum atomic E-state index is -4.24. The summed E-state index contributed by atoms with van der Waals surface area (Å²) >= 11 is 0. The Hall–Kier alpha value is -1.90. The van der Waals surface area contributed by atoms with Crippen LogP contribution in [0.2, 0.25) is 0 Å². The zero-order chi connectivity index (χ0) is 15.7. The van der Waals surface area contributed by atoms with Crippen LogP contribution in [-0.4, -0.2) is 27.6 Å². The molecule has 0 spiro atoms. The van der Waals surface area contributed by atoms with Crippen LogP contribution < -0.4 is 4.74 Å². The largest absolute Gasteiger partial charge is 0.457 e. The number of hydrogen-bond donors (Lipinski definition) is 1. The van der Waals surface area contributed by atoms with E-state index in [4.69, 9.17) is 9.29 Å². The van der Waals surface area contributed by atoms with Gasteiger partial charge in [-0.3, -0.25) is 4.55 Å². The second-order valence-corrected chi connectivity index (χ2v) is 7.73. The summed E-state index contributed by atoms with van der Waals surface area (Å²) in [6.07, 6.45) is 1.11. The first-order valence-electron chi connectivity index (χ1n) is 5.72. The van der Waals surface area contributed by atoms with E-state index in [9.17, 15) is 16.8 Å². The predicted octanol–water partition coefficient (Wildman–Crippen LogP) is 2.13. The molecule has 1 N–H and O–H groups in total. The second kappa shape index (κ2) is 5.47. The molecule has 2 aromatic carbocycles. The van der Waals surface area contributed by atoms with Gasteiger partial charge in [-0.1, -0.05) is 0 Å². The fourth-order valence-electron chi connectivity index (χ4n) is 1.57. The molecule has 0 aliphatic heterocycles. The van der Waals surface area contributed by atoms with Gasteiger partial charge in [-0.05, 0) is 48.5 Å². The highest BCUT2D eigenvalue weighted by Crippen LogP contribution is 2.24. The Morgan fingerprint density at radius 3 is 1.48 bits per heavy atom. The van der Waals surface area contributed by atoms with E-state index in [1.54, 1.807) is 0 Å². The van der Waals surface area contributed by atoms with Crippen LogP contribution in [0.15, 0.2) is 58.3 Å². The average molecular weight is 328 g/mol. The molecule has 2 aromatic rings. The van der Waals surface area contributed by atoms with E-state index in [1.807, 2.05) is 0 Å². The van der Waals surface area contributed by atoms with Gasteiger partial charge in [0, 0.05) is 6.26 Å². The van der Waals surface area contributed by atoms with Crippen molar-refractivity contribution in [3.8, 4) is 11.5 Å². The molecule has 0 heterocycles. The lowest BCUT2D eigenvalue weighted by Crippen LogP contribution is -1.97. The van der Waals surface area contributed by atoms with Gasteiger partial charge in [-0.15, -0.1) is 0 Å². The molecule has 8 heteroatoms. The van der Waals surface area contributed by atoms with Crippen LogP contribution in [-0.2, 0) is 20.0 Å². The first kappa shape index (κ1) is 15.5. The zero-order valence-corrected chi connectivity index (χ0v) is 12.6. The second-order valence-electron chi connectivity index (χ2n) is 4.29. The third kappa shape index (κ3) is 4.03. The first-order chi connectivity index (χ1) is 9.66. The van der Waals surface area contributed by atoms with Crippen molar-refractivity contribution in [3.63, 3.8) is 0 Å². The van der Waals surface area contributed by atoms with Crippen molar-refractivity contribution in [2.45, 2.75) is 9.79 Å². The summed E-state index contributed by atoms with van der Waals surface area (Å²) in [7, 11) is -7.50. The minimum absolute atomic E-state index is 0.177. The molecular formula is C13H12O6S2. The van der Waals surface area contributed by atoms with Crippen molar-refractivity contribution >= 4 is 20.0 Å². The third-order valence-corrected chi connectivity index (χ3v) is 4.61. The summed E-state index contributed by atoms with van der Waals surface area (Å²) in [5.74, 6) is 0.761. The van der Waals surface area contributed by atoms with E-state index < -0.39 is 20.0 Å². The fraction of sp³-hybridized carbons (Fsp3) is 0.0769. The van der Waals surface area contributed by atoms with Crippen molar-refractivity contribution in [1.82, 2.24) is 0 Å². The monoisotopic (exact) mass is 328 g/mol. The molecule has 0 saturated heterocycles. The minimum Gasteiger partial charge on any atom is -0.457 e. The van der Waals surface area contributed by atoms with Gasteiger partial charge in [0.1, 0.15) is 11.5 Å². The number of sulfone groups is 1. The van der Waals surface area contributed by atoms with Crippen molar-refractivity contribution < 1.29 is 26.1 Å². The summed E-state index contributed by atoms with van der Waals surface area (Å²) in [6, 6.07) is 11.0. The van der Waals surface area contributed by atoms with Crippen molar-refractivity contribution in [1.29, 1.82) is 0 Å². The SMILES string of the molecule is CS(=O)(=O)c1ccc(Oc2ccc(S(=O)(=O)O)cc2)cc1. The van der Waals surface area contributed by atoms with Gasteiger partial charge >= 0.3 is 0 Å². The van der Waals surface area contributed by atoms with Crippen LogP contribution in [0, 0.1) is 0 Å². The molecule has 0 fully saturated rings. The topological polar surface area (TPSA) is 97.7 Å². The molecule has 0 aromatic heterocycles. The molecule has 2 rings (SSSR count). The Balaban J connectivity index is 2.19. The number of rotatable bonds is 4. The summed E-state index contributed by atoms with van der Waals surface area (Å²) in [5, 5.41) is 0. The highest BCUT2D eigenvalue weighted by Gasteiger charge is 2.10. The van der Waals surface area contributed by atoms with Crippen molar-refractivity contribution in [2.75, 3.05) is 6.26 Å². The van der Waals surface area contributed by atoms with E-state index in [2.05, 4.69) is 0 Å². The summed E-state index contributed by atoms with van der Waals surface area (Å²) in [6.45, 7) is 0. The Morgan fingerprint density at radius 2 is 1.14 bits per heavy atom. The third-order valence-electron chi connectivity index (χ3n) is 2.61. The quantitative estimate of drug-likeness (QED) is 0.863. The Morgan fingerprint density at radius 1 is 0.762 bits per heavy atom. The molecule has 0 aliphatic carbocycles. The Labute approximate surface area is 122 Å². The van der Waals surface area contributed by atoms with E-state index in [1.165, 1.54) is 48.5 Å².